The van der Waals surface area contributed by atoms with Gasteiger partial charge in [-0.3, -0.25) is 24.0 Å². The van der Waals surface area contributed by atoms with Crippen LogP contribution in [-0.2, 0) is 36.8 Å². The number of benzene rings is 2. The van der Waals surface area contributed by atoms with E-state index in [0.29, 0.717) is 0 Å². The van der Waals surface area contributed by atoms with Crippen LogP contribution in [0.2, 0.25) is 0 Å². The number of amides is 3. The van der Waals surface area contributed by atoms with Gasteiger partial charge in [-0.05, 0) is 30.9 Å². The van der Waals surface area contributed by atoms with Gasteiger partial charge < -0.3 is 31.9 Å². The Kier molecular flexibility index (Phi) is 11.2. The molecular formula is C26H32N4O7. The molecule has 2 aromatic rings. The van der Waals surface area contributed by atoms with Crippen molar-refractivity contribution in [2.75, 3.05) is 0 Å². The van der Waals surface area contributed by atoms with Crippen LogP contribution in [0.3, 0.4) is 0 Å². The fourth-order valence-electron chi connectivity index (χ4n) is 3.48. The first kappa shape index (κ1) is 29.0. The Hall–Kier alpha value is -4.25. The van der Waals surface area contributed by atoms with Crippen molar-refractivity contribution in [1.29, 1.82) is 0 Å². The van der Waals surface area contributed by atoms with Crippen molar-refractivity contribution in [3.8, 4) is 0 Å². The lowest BCUT2D eigenvalue weighted by Crippen LogP contribution is -2.57. The first-order chi connectivity index (χ1) is 17.6. The van der Waals surface area contributed by atoms with E-state index >= 15 is 0 Å². The molecule has 11 heteroatoms. The minimum atomic E-state index is -1.33. The van der Waals surface area contributed by atoms with Gasteiger partial charge in [0.15, 0.2) is 0 Å². The van der Waals surface area contributed by atoms with Crippen molar-refractivity contribution < 1.29 is 34.2 Å². The van der Waals surface area contributed by atoms with Gasteiger partial charge >= 0.3 is 11.9 Å². The van der Waals surface area contributed by atoms with Gasteiger partial charge in [0.05, 0.1) is 6.04 Å². The third-order valence-electron chi connectivity index (χ3n) is 5.56. The number of nitrogens with two attached hydrogens (primary N) is 1. The molecule has 0 aliphatic rings. The minimum Gasteiger partial charge on any atom is -0.481 e. The van der Waals surface area contributed by atoms with Crippen LogP contribution in [0.15, 0.2) is 60.7 Å². The summed E-state index contributed by atoms with van der Waals surface area (Å²) in [5.41, 5.74) is 7.64. The maximum Gasteiger partial charge on any atom is 0.325 e. The molecule has 7 N–H and O–H groups in total. The lowest BCUT2D eigenvalue weighted by atomic mass is 10.0. The zero-order valence-electron chi connectivity index (χ0n) is 20.4. The predicted octanol–water partition coefficient (Wildman–Crippen LogP) is 0.223. The molecule has 0 spiro atoms. The van der Waals surface area contributed by atoms with Gasteiger partial charge in [0.25, 0.3) is 0 Å². The number of aliphatic carboxylic acids is 2. The van der Waals surface area contributed by atoms with E-state index in [1.165, 1.54) is 6.92 Å². The topological polar surface area (TPSA) is 188 Å². The average molecular weight is 513 g/mol. The van der Waals surface area contributed by atoms with Gasteiger partial charge in [-0.1, -0.05) is 60.7 Å². The zero-order chi connectivity index (χ0) is 27.4. The molecule has 0 aliphatic carbocycles. The van der Waals surface area contributed by atoms with Crippen molar-refractivity contribution in [2.45, 2.75) is 56.8 Å². The summed E-state index contributed by atoms with van der Waals surface area (Å²) in [7, 11) is 0. The third kappa shape index (κ3) is 10.1. The molecule has 0 radical (unpaired) electrons. The second kappa shape index (κ2) is 14.3. The molecule has 0 saturated carbocycles. The number of carboxylic acid groups (broad SMARTS) is 2. The van der Waals surface area contributed by atoms with E-state index in [4.69, 9.17) is 15.9 Å². The summed E-state index contributed by atoms with van der Waals surface area (Å²) in [6, 6.07) is 13.3. The number of carbonyl (C=O) groups excluding carboxylic acids is 3. The van der Waals surface area contributed by atoms with Crippen molar-refractivity contribution >= 4 is 29.7 Å². The van der Waals surface area contributed by atoms with Gasteiger partial charge in [-0.15, -0.1) is 0 Å². The number of carbonyl (C=O) groups is 5. The number of hydrogen-bond donors (Lipinski definition) is 6. The monoisotopic (exact) mass is 512 g/mol. The van der Waals surface area contributed by atoms with Gasteiger partial charge in [0.2, 0.25) is 17.7 Å². The highest BCUT2D eigenvalue weighted by molar-refractivity contribution is 5.94. The van der Waals surface area contributed by atoms with E-state index in [-0.39, 0.29) is 19.3 Å². The third-order valence-corrected chi connectivity index (χ3v) is 5.56. The largest absolute Gasteiger partial charge is 0.481 e. The highest BCUT2D eigenvalue weighted by atomic mass is 16.4. The lowest BCUT2D eigenvalue weighted by molar-refractivity contribution is -0.142. The highest BCUT2D eigenvalue weighted by Gasteiger charge is 2.30. The Balaban J connectivity index is 2.19. The van der Waals surface area contributed by atoms with E-state index in [9.17, 15) is 24.0 Å². The Morgan fingerprint density at radius 3 is 1.73 bits per heavy atom. The molecule has 0 aliphatic heterocycles. The smallest absolute Gasteiger partial charge is 0.325 e. The summed E-state index contributed by atoms with van der Waals surface area (Å²) in [5, 5.41) is 25.4. The second-order valence-electron chi connectivity index (χ2n) is 8.61. The van der Waals surface area contributed by atoms with Crippen molar-refractivity contribution in [3.63, 3.8) is 0 Å². The lowest BCUT2D eigenvalue weighted by Gasteiger charge is -2.24. The van der Waals surface area contributed by atoms with Crippen molar-refractivity contribution in [3.05, 3.63) is 71.8 Å². The molecule has 4 unspecified atom stereocenters. The molecule has 37 heavy (non-hydrogen) atoms. The number of carboxylic acids is 2. The maximum atomic E-state index is 13.2. The number of nitrogens with one attached hydrogen (secondary N) is 3. The average Bonchev–Trinajstić information content (AvgIpc) is 2.86. The Morgan fingerprint density at radius 1 is 0.730 bits per heavy atom. The maximum absolute atomic E-state index is 13.2. The summed E-state index contributed by atoms with van der Waals surface area (Å²) < 4.78 is 0. The van der Waals surface area contributed by atoms with Gasteiger partial charge in [0.1, 0.15) is 18.1 Å². The fraction of sp³-hybridized carbons (Fsp3) is 0.346. The van der Waals surface area contributed by atoms with Gasteiger partial charge in [-0.25, -0.2) is 0 Å². The summed E-state index contributed by atoms with van der Waals surface area (Å²) in [6.45, 7) is 1.24. The summed E-state index contributed by atoms with van der Waals surface area (Å²) in [6.07, 6.45) is -0.408. The second-order valence-corrected chi connectivity index (χ2v) is 8.61. The molecule has 0 fully saturated rings. The SMILES string of the molecule is CC(NC(=O)C(CCC(=O)O)NC(=O)C(Cc1ccccc1)NC(=O)C(N)Cc1ccccc1)C(=O)O. The zero-order valence-corrected chi connectivity index (χ0v) is 20.4. The van der Waals surface area contributed by atoms with E-state index in [1.54, 1.807) is 30.3 Å². The first-order valence-corrected chi connectivity index (χ1v) is 11.8. The molecule has 0 bridgehead atoms. The van der Waals surface area contributed by atoms with Crippen molar-refractivity contribution in [2.24, 2.45) is 5.73 Å². The van der Waals surface area contributed by atoms with E-state index in [0.717, 1.165) is 11.1 Å². The number of hydrogen-bond acceptors (Lipinski definition) is 6. The molecule has 11 nitrogen and oxygen atoms in total. The van der Waals surface area contributed by atoms with Crippen LogP contribution in [0, 0.1) is 0 Å². The molecule has 198 valence electrons. The van der Waals surface area contributed by atoms with Crippen LogP contribution in [-0.4, -0.2) is 64.0 Å². The Morgan fingerprint density at radius 2 is 1.22 bits per heavy atom. The van der Waals surface area contributed by atoms with Crippen molar-refractivity contribution in [1.82, 2.24) is 16.0 Å². The fourth-order valence-corrected chi connectivity index (χ4v) is 3.48. The Bertz CT molecular complexity index is 1080. The normalized spacial score (nSPS) is 13.9. The summed E-state index contributed by atoms with van der Waals surface area (Å²) in [4.78, 5) is 60.9. The van der Waals surface area contributed by atoms with Gasteiger partial charge in [-0.2, -0.15) is 0 Å². The van der Waals surface area contributed by atoms with E-state index in [2.05, 4.69) is 16.0 Å². The summed E-state index contributed by atoms with van der Waals surface area (Å²) >= 11 is 0. The summed E-state index contributed by atoms with van der Waals surface area (Å²) in [5.74, 6) is -4.66. The first-order valence-electron chi connectivity index (χ1n) is 11.8. The standard InChI is InChI=1S/C26H32N4O7/c1-16(26(36)37)28-24(34)20(12-13-22(31)32)29-25(35)21(15-18-10-6-3-7-11-18)30-23(33)19(27)14-17-8-4-2-5-9-17/h2-11,16,19-21H,12-15,27H2,1H3,(H,28,34)(H,29,35)(H,30,33)(H,31,32)(H,36,37). The molecule has 2 aromatic carbocycles. The van der Waals surface area contributed by atoms with Crippen LogP contribution >= 0.6 is 0 Å². The molecule has 0 aromatic heterocycles. The molecule has 2 rings (SSSR count). The van der Waals surface area contributed by atoms with Gasteiger partial charge in [0, 0.05) is 12.8 Å². The van der Waals surface area contributed by atoms with Crippen LogP contribution in [0.5, 0.6) is 0 Å². The van der Waals surface area contributed by atoms with Crippen LogP contribution < -0.4 is 21.7 Å². The molecule has 0 heterocycles. The predicted molar refractivity (Wildman–Crippen MR) is 134 cm³/mol. The minimum absolute atomic E-state index is 0.0786. The molecule has 4 atom stereocenters. The van der Waals surface area contributed by atoms with E-state index < -0.39 is 60.2 Å². The highest BCUT2D eigenvalue weighted by Crippen LogP contribution is 2.08. The van der Waals surface area contributed by atoms with Crippen LogP contribution in [0.25, 0.3) is 0 Å². The van der Waals surface area contributed by atoms with Crippen LogP contribution in [0.1, 0.15) is 30.9 Å². The molecule has 0 saturated heterocycles. The molecular weight excluding hydrogens is 480 g/mol. The van der Waals surface area contributed by atoms with Crippen LogP contribution in [0.4, 0.5) is 0 Å². The number of rotatable bonds is 14. The van der Waals surface area contributed by atoms with E-state index in [1.807, 2.05) is 30.3 Å². The molecule has 3 amide bonds. The quantitative estimate of drug-likeness (QED) is 0.207. The Labute approximate surface area is 214 Å².